The number of carboxylic acids is 1. The van der Waals surface area contributed by atoms with Crippen LogP contribution in [0.25, 0.3) is 5.57 Å². The van der Waals surface area contributed by atoms with E-state index in [1.807, 2.05) is 44.2 Å². The molecule has 0 saturated carbocycles. The van der Waals surface area contributed by atoms with Gasteiger partial charge >= 0.3 is 5.97 Å². The van der Waals surface area contributed by atoms with E-state index in [4.69, 9.17) is 21.4 Å². The standard InChI is InChI=1S/C24H27ClO3/c1-16-17(2)23(13-11-18(16)12-14-24(26)27)28-15-19-7-3-4-8-20(19)21-9-5-6-10-22(21)25/h5-6,9-11,13H,3-4,7-8,12,14-15H2,1-2H3,(H,26,27). The molecule has 0 atom stereocenters. The smallest absolute Gasteiger partial charge is 0.303 e. The van der Waals surface area contributed by atoms with E-state index >= 15 is 0 Å². The van der Waals surface area contributed by atoms with E-state index in [9.17, 15) is 4.79 Å². The Kier molecular flexibility index (Phi) is 6.79. The highest BCUT2D eigenvalue weighted by atomic mass is 35.5. The van der Waals surface area contributed by atoms with Crippen molar-refractivity contribution < 1.29 is 14.6 Å². The van der Waals surface area contributed by atoms with Crippen LogP contribution in [0.1, 0.15) is 54.4 Å². The van der Waals surface area contributed by atoms with Gasteiger partial charge in [0, 0.05) is 11.4 Å². The molecule has 0 aliphatic heterocycles. The first kappa shape index (κ1) is 20.5. The first-order valence-electron chi connectivity index (χ1n) is 9.87. The second kappa shape index (κ2) is 9.29. The number of allylic oxidation sites excluding steroid dienone is 1. The summed E-state index contributed by atoms with van der Waals surface area (Å²) in [5, 5.41) is 9.72. The molecule has 148 valence electrons. The maximum absolute atomic E-state index is 10.8. The maximum atomic E-state index is 10.8. The zero-order valence-electron chi connectivity index (χ0n) is 16.6. The van der Waals surface area contributed by atoms with Crippen molar-refractivity contribution in [1.82, 2.24) is 0 Å². The second-order valence-electron chi connectivity index (χ2n) is 7.42. The zero-order valence-corrected chi connectivity index (χ0v) is 17.3. The van der Waals surface area contributed by atoms with Gasteiger partial charge in [0.15, 0.2) is 0 Å². The first-order valence-corrected chi connectivity index (χ1v) is 10.2. The van der Waals surface area contributed by atoms with Crippen molar-refractivity contribution in [1.29, 1.82) is 0 Å². The van der Waals surface area contributed by atoms with E-state index in [2.05, 4.69) is 6.07 Å². The van der Waals surface area contributed by atoms with E-state index < -0.39 is 5.97 Å². The van der Waals surface area contributed by atoms with Crippen LogP contribution in [0.4, 0.5) is 0 Å². The van der Waals surface area contributed by atoms with Gasteiger partial charge in [0.05, 0.1) is 0 Å². The minimum Gasteiger partial charge on any atom is -0.489 e. The average molecular weight is 399 g/mol. The molecule has 0 bridgehead atoms. The summed E-state index contributed by atoms with van der Waals surface area (Å²) >= 11 is 6.44. The molecule has 1 N–H and O–H groups in total. The normalized spacial score (nSPS) is 14.2. The van der Waals surface area contributed by atoms with Gasteiger partial charge in [-0.25, -0.2) is 0 Å². The zero-order chi connectivity index (χ0) is 20.1. The minimum absolute atomic E-state index is 0.147. The summed E-state index contributed by atoms with van der Waals surface area (Å²) < 4.78 is 6.21. The quantitative estimate of drug-likeness (QED) is 0.588. The lowest BCUT2D eigenvalue weighted by Gasteiger charge is -2.23. The summed E-state index contributed by atoms with van der Waals surface area (Å²) in [5.74, 6) is 0.0990. The van der Waals surface area contributed by atoms with Gasteiger partial charge in [0.1, 0.15) is 12.4 Å². The highest BCUT2D eigenvalue weighted by Gasteiger charge is 2.17. The van der Waals surface area contributed by atoms with Crippen LogP contribution in [0.2, 0.25) is 5.02 Å². The van der Waals surface area contributed by atoms with E-state index in [0.29, 0.717) is 13.0 Å². The molecule has 3 nitrogen and oxygen atoms in total. The molecule has 1 aliphatic rings. The number of carboxylic acid groups (broad SMARTS) is 1. The van der Waals surface area contributed by atoms with Crippen LogP contribution in [0.3, 0.4) is 0 Å². The molecule has 0 heterocycles. The first-order chi connectivity index (χ1) is 13.5. The molecular formula is C24H27ClO3. The molecule has 0 amide bonds. The predicted molar refractivity (Wildman–Crippen MR) is 114 cm³/mol. The Balaban J connectivity index is 1.79. The molecule has 2 aromatic carbocycles. The summed E-state index contributed by atoms with van der Waals surface area (Å²) in [7, 11) is 0. The van der Waals surface area contributed by atoms with Crippen molar-refractivity contribution in [2.75, 3.05) is 6.61 Å². The third-order valence-corrected chi connectivity index (χ3v) is 5.97. The topological polar surface area (TPSA) is 46.5 Å². The largest absolute Gasteiger partial charge is 0.489 e. The number of benzene rings is 2. The molecular weight excluding hydrogens is 372 g/mol. The molecule has 0 unspecified atom stereocenters. The number of rotatable bonds is 7. The third kappa shape index (κ3) is 4.77. The van der Waals surface area contributed by atoms with Crippen molar-refractivity contribution in [3.05, 3.63) is 69.2 Å². The average Bonchev–Trinajstić information content (AvgIpc) is 2.69. The Labute approximate surface area is 172 Å². The monoisotopic (exact) mass is 398 g/mol. The Morgan fingerprint density at radius 3 is 2.57 bits per heavy atom. The van der Waals surface area contributed by atoms with E-state index in [-0.39, 0.29) is 6.42 Å². The van der Waals surface area contributed by atoms with Gasteiger partial charge in [0.25, 0.3) is 0 Å². The summed E-state index contributed by atoms with van der Waals surface area (Å²) in [6, 6.07) is 12.0. The fourth-order valence-electron chi connectivity index (χ4n) is 3.84. The van der Waals surface area contributed by atoms with Crippen LogP contribution in [0.5, 0.6) is 5.75 Å². The molecule has 4 heteroatoms. The molecule has 28 heavy (non-hydrogen) atoms. The van der Waals surface area contributed by atoms with Crippen molar-refractivity contribution in [3.63, 3.8) is 0 Å². The van der Waals surface area contributed by atoms with Crippen molar-refractivity contribution >= 4 is 23.1 Å². The lowest BCUT2D eigenvalue weighted by molar-refractivity contribution is -0.136. The number of carbonyl (C=O) groups is 1. The highest BCUT2D eigenvalue weighted by Crippen LogP contribution is 2.36. The van der Waals surface area contributed by atoms with Crippen LogP contribution in [-0.4, -0.2) is 17.7 Å². The summed E-state index contributed by atoms with van der Waals surface area (Å²) in [4.78, 5) is 10.8. The van der Waals surface area contributed by atoms with Crippen LogP contribution >= 0.6 is 11.6 Å². The molecule has 1 aliphatic carbocycles. The lowest BCUT2D eigenvalue weighted by atomic mass is 9.87. The number of halogens is 1. The highest BCUT2D eigenvalue weighted by molar-refractivity contribution is 6.32. The summed E-state index contributed by atoms with van der Waals surface area (Å²) in [5.41, 5.74) is 7.04. The molecule has 0 saturated heterocycles. The number of aryl methyl sites for hydroxylation is 1. The Bertz CT molecular complexity index is 899. The fourth-order valence-corrected chi connectivity index (χ4v) is 4.09. The predicted octanol–water partition coefficient (Wildman–Crippen LogP) is 6.38. The molecule has 2 aromatic rings. The van der Waals surface area contributed by atoms with Gasteiger partial charge in [-0.15, -0.1) is 0 Å². The van der Waals surface area contributed by atoms with Crippen molar-refractivity contribution in [2.45, 2.75) is 52.4 Å². The lowest BCUT2D eigenvalue weighted by Crippen LogP contribution is -2.10. The van der Waals surface area contributed by atoms with Gasteiger partial charge in [-0.1, -0.05) is 35.9 Å². The number of ether oxygens (including phenoxy) is 1. The van der Waals surface area contributed by atoms with Gasteiger partial charge in [-0.3, -0.25) is 4.79 Å². The maximum Gasteiger partial charge on any atom is 0.303 e. The fraction of sp³-hybridized carbons (Fsp3) is 0.375. The SMILES string of the molecule is Cc1c(CCC(=O)O)ccc(OCC2=C(c3ccccc3Cl)CCCC2)c1C. The molecule has 0 radical (unpaired) electrons. The summed E-state index contributed by atoms with van der Waals surface area (Å²) in [6.07, 6.45) is 5.13. The van der Waals surface area contributed by atoms with Crippen molar-refractivity contribution in [2.24, 2.45) is 0 Å². The Morgan fingerprint density at radius 2 is 1.82 bits per heavy atom. The van der Waals surface area contributed by atoms with Crippen LogP contribution in [-0.2, 0) is 11.2 Å². The molecule has 0 spiro atoms. The van der Waals surface area contributed by atoms with E-state index in [0.717, 1.165) is 45.9 Å². The Morgan fingerprint density at radius 1 is 1.07 bits per heavy atom. The number of aliphatic carboxylic acids is 1. The van der Waals surface area contributed by atoms with Gasteiger partial charge in [-0.05, 0) is 91.5 Å². The van der Waals surface area contributed by atoms with Gasteiger partial charge < -0.3 is 9.84 Å². The Hall–Kier alpha value is -2.26. The van der Waals surface area contributed by atoms with Crippen LogP contribution in [0, 0.1) is 13.8 Å². The molecule has 0 aromatic heterocycles. The van der Waals surface area contributed by atoms with Gasteiger partial charge in [-0.2, -0.15) is 0 Å². The van der Waals surface area contributed by atoms with E-state index in [1.54, 1.807) is 0 Å². The van der Waals surface area contributed by atoms with Gasteiger partial charge in [0.2, 0.25) is 0 Å². The number of hydrogen-bond acceptors (Lipinski definition) is 2. The second-order valence-corrected chi connectivity index (χ2v) is 7.83. The summed E-state index contributed by atoms with van der Waals surface area (Å²) in [6.45, 7) is 4.64. The number of hydrogen-bond donors (Lipinski definition) is 1. The van der Waals surface area contributed by atoms with E-state index in [1.165, 1.54) is 24.0 Å². The minimum atomic E-state index is -0.770. The molecule has 3 rings (SSSR count). The van der Waals surface area contributed by atoms with Crippen molar-refractivity contribution in [3.8, 4) is 5.75 Å². The third-order valence-electron chi connectivity index (χ3n) is 5.64. The van der Waals surface area contributed by atoms with Crippen LogP contribution < -0.4 is 4.74 Å². The molecule has 0 fully saturated rings. The van der Waals surface area contributed by atoms with Crippen LogP contribution in [0.15, 0.2) is 42.0 Å².